The van der Waals surface area contributed by atoms with Gasteiger partial charge >= 0.3 is 0 Å². The molecule has 0 aliphatic carbocycles. The quantitative estimate of drug-likeness (QED) is 0.0801. The van der Waals surface area contributed by atoms with Crippen LogP contribution >= 0.6 is 0 Å². The summed E-state index contributed by atoms with van der Waals surface area (Å²) in [6.45, 7) is 36.0. The average molecular weight is 741 g/mol. The predicted molar refractivity (Wildman–Crippen MR) is 216 cm³/mol. The molecule has 51 heavy (non-hydrogen) atoms. The third-order valence-electron chi connectivity index (χ3n) is 11.3. The lowest BCUT2D eigenvalue weighted by Gasteiger charge is -2.46. The molecule has 1 aromatic heterocycles. The second-order valence-electron chi connectivity index (χ2n) is 17.4. The van der Waals surface area contributed by atoms with Gasteiger partial charge in [0.05, 0.1) is 25.3 Å². The van der Waals surface area contributed by atoms with E-state index in [-0.39, 0.29) is 40.1 Å². The van der Waals surface area contributed by atoms with E-state index in [0.29, 0.717) is 24.4 Å². The Bertz CT molecular complexity index is 1440. The minimum Gasteiger partial charge on any atom is -0.480 e. The first kappa shape index (κ1) is 42.9. The van der Waals surface area contributed by atoms with E-state index >= 15 is 0 Å². The largest absolute Gasteiger partial charge is 0.480 e. The fraction of sp³-hybridized carbons (Fsp3) is 0.692. The van der Waals surface area contributed by atoms with Gasteiger partial charge in [-0.2, -0.15) is 0 Å². The zero-order chi connectivity index (χ0) is 38.4. The number of carbonyl (C=O) groups is 1. The lowest BCUT2D eigenvalue weighted by molar-refractivity contribution is 0.0212. The van der Waals surface area contributed by atoms with Gasteiger partial charge in [-0.3, -0.25) is 25.0 Å². The van der Waals surface area contributed by atoms with Crippen molar-refractivity contribution >= 4 is 34.2 Å². The number of rotatable bonds is 16. The number of hydrogen-bond donors (Lipinski definition) is 2. The highest BCUT2D eigenvalue weighted by Crippen LogP contribution is 2.38. The van der Waals surface area contributed by atoms with Crippen molar-refractivity contribution in [3.63, 3.8) is 0 Å². The molecule has 0 spiro atoms. The fourth-order valence-corrected chi connectivity index (χ4v) is 8.17. The van der Waals surface area contributed by atoms with Crippen molar-refractivity contribution in [3.05, 3.63) is 53.4 Å². The van der Waals surface area contributed by atoms with E-state index < -0.39 is 16.6 Å². The van der Waals surface area contributed by atoms with Crippen molar-refractivity contribution in [2.45, 2.75) is 129 Å². The number of aryl methyl sites for hydroxylation is 1. The number of aromatic nitrogens is 1. The van der Waals surface area contributed by atoms with Crippen molar-refractivity contribution in [1.29, 1.82) is 5.41 Å². The minimum absolute atomic E-state index is 0.0369. The molecular formula is C39H68N6O4Si2. The molecule has 0 radical (unpaired) electrons. The first-order valence-electron chi connectivity index (χ1n) is 18.6. The van der Waals surface area contributed by atoms with Gasteiger partial charge in [-0.05, 0) is 73.7 Å². The summed E-state index contributed by atoms with van der Waals surface area (Å²) in [7, 11) is -2.14. The number of aliphatic imine (C=N–C) groups is 1. The lowest BCUT2D eigenvalue weighted by atomic mass is 9.99. The molecular weight excluding hydrogens is 673 g/mol. The summed E-state index contributed by atoms with van der Waals surface area (Å²) < 4.78 is 18.4. The summed E-state index contributed by atoms with van der Waals surface area (Å²) in [5, 5.41) is 12.1. The molecule has 1 fully saturated rings. The van der Waals surface area contributed by atoms with Crippen LogP contribution in [0.3, 0.4) is 0 Å². The Morgan fingerprint density at radius 1 is 1.14 bits per heavy atom. The Labute approximate surface area is 311 Å². The number of hydrogen-bond acceptors (Lipinski definition) is 9. The normalized spacial score (nSPS) is 18.3. The molecule has 1 saturated heterocycles. The Hall–Kier alpha value is -2.49. The van der Waals surface area contributed by atoms with E-state index in [1.807, 2.05) is 25.1 Å². The molecule has 2 aliphatic rings. The number of methoxy groups -OCH3 is 1. The first-order valence-corrected chi connectivity index (χ1v) is 24.4. The Morgan fingerprint density at radius 3 is 2.37 bits per heavy atom. The van der Waals surface area contributed by atoms with Crippen LogP contribution in [0.2, 0.25) is 36.3 Å². The van der Waals surface area contributed by atoms with Crippen LogP contribution in [-0.2, 0) is 26.6 Å². The second-order valence-corrected chi connectivity index (χ2v) is 27.0. The van der Waals surface area contributed by atoms with Gasteiger partial charge in [-0.25, -0.2) is 4.98 Å². The van der Waals surface area contributed by atoms with Crippen molar-refractivity contribution in [3.8, 4) is 0 Å². The molecule has 2 atom stereocenters. The lowest BCUT2D eigenvalue weighted by Crippen LogP contribution is -2.59. The highest BCUT2D eigenvalue weighted by atomic mass is 28.4. The predicted octanol–water partition coefficient (Wildman–Crippen LogP) is 7.16. The monoisotopic (exact) mass is 740 g/mol. The SMILES string of the molecule is C=C/C=C\C[C@H](NC(=O)c1cc(C)c2c(n1)CCN(CCO[Si](C)(C)C(C)(C)C)C2)C(C)N=C(CN1CC(O[Si](C)(C)C(C)(C)C)C1)C(=N)OC. The number of carbonyl (C=O) groups excluding carboxylic acids is 1. The van der Waals surface area contributed by atoms with E-state index in [4.69, 9.17) is 29.0 Å². The first-order chi connectivity index (χ1) is 23.6. The summed E-state index contributed by atoms with van der Waals surface area (Å²) >= 11 is 0. The molecule has 0 bridgehead atoms. The number of pyridine rings is 1. The van der Waals surface area contributed by atoms with Gasteiger partial charge in [-0.15, -0.1) is 0 Å². The maximum absolute atomic E-state index is 13.8. The maximum Gasteiger partial charge on any atom is 0.270 e. The van der Waals surface area contributed by atoms with Crippen LogP contribution in [0.5, 0.6) is 0 Å². The van der Waals surface area contributed by atoms with E-state index in [0.717, 1.165) is 57.0 Å². The van der Waals surface area contributed by atoms with Crippen LogP contribution in [0, 0.1) is 12.3 Å². The average Bonchev–Trinajstić information content (AvgIpc) is 3.01. The molecule has 0 saturated carbocycles. The molecule has 12 heteroatoms. The van der Waals surface area contributed by atoms with E-state index in [1.54, 1.807) is 6.08 Å². The van der Waals surface area contributed by atoms with Crippen LogP contribution in [0.25, 0.3) is 0 Å². The molecule has 2 N–H and O–H groups in total. The second kappa shape index (κ2) is 17.6. The minimum atomic E-state index is -1.86. The number of likely N-dealkylation sites (tertiary alicyclic amines) is 1. The molecule has 1 amide bonds. The zero-order valence-electron chi connectivity index (χ0n) is 34.0. The van der Waals surface area contributed by atoms with Crippen molar-refractivity contribution < 1.29 is 18.4 Å². The third kappa shape index (κ3) is 11.8. The molecule has 0 aromatic carbocycles. The van der Waals surface area contributed by atoms with Gasteiger partial charge in [0.1, 0.15) is 11.4 Å². The molecule has 3 heterocycles. The number of allylic oxidation sites excluding steroid dienone is 2. The van der Waals surface area contributed by atoms with Crippen LogP contribution in [0.15, 0.2) is 35.9 Å². The highest BCUT2D eigenvalue weighted by Gasteiger charge is 2.42. The summed E-state index contributed by atoms with van der Waals surface area (Å²) in [6.07, 6.45) is 7.12. The topological polar surface area (TPSA) is 112 Å². The fourth-order valence-electron chi connectivity index (χ4n) is 5.80. The zero-order valence-corrected chi connectivity index (χ0v) is 36.0. The number of amides is 1. The molecule has 2 aliphatic heterocycles. The van der Waals surface area contributed by atoms with E-state index in [1.165, 1.54) is 12.7 Å². The summed E-state index contributed by atoms with van der Waals surface area (Å²) in [4.78, 5) is 28.3. The Kier molecular flexibility index (Phi) is 14.8. The highest BCUT2D eigenvalue weighted by molar-refractivity contribution is 6.74. The molecule has 1 unspecified atom stereocenters. The van der Waals surface area contributed by atoms with Crippen LogP contribution < -0.4 is 5.32 Å². The summed E-state index contributed by atoms with van der Waals surface area (Å²) in [5.41, 5.74) is 4.27. The molecule has 286 valence electrons. The van der Waals surface area contributed by atoms with E-state index in [9.17, 15) is 4.79 Å². The molecule has 3 rings (SSSR count). The summed E-state index contributed by atoms with van der Waals surface area (Å²) in [6, 6.07) is 1.26. The van der Waals surface area contributed by atoms with Crippen molar-refractivity contribution in [1.82, 2.24) is 20.1 Å². The van der Waals surface area contributed by atoms with Gasteiger partial charge in [-0.1, -0.05) is 66.3 Å². The van der Waals surface area contributed by atoms with Gasteiger partial charge in [0.2, 0.25) is 5.90 Å². The van der Waals surface area contributed by atoms with Gasteiger partial charge in [0, 0.05) is 58.0 Å². The summed E-state index contributed by atoms with van der Waals surface area (Å²) in [5.74, 6) is -0.184. The van der Waals surface area contributed by atoms with Gasteiger partial charge in [0.15, 0.2) is 16.6 Å². The maximum atomic E-state index is 13.8. The van der Waals surface area contributed by atoms with Crippen LogP contribution in [0.1, 0.15) is 82.2 Å². The van der Waals surface area contributed by atoms with Gasteiger partial charge < -0.3 is 18.9 Å². The van der Waals surface area contributed by atoms with Gasteiger partial charge in [0.25, 0.3) is 5.91 Å². The van der Waals surface area contributed by atoms with E-state index in [2.05, 4.69) is 96.3 Å². The molecule has 10 nitrogen and oxygen atoms in total. The number of nitrogens with one attached hydrogen (secondary N) is 2. The third-order valence-corrected chi connectivity index (χ3v) is 20.4. The van der Waals surface area contributed by atoms with Crippen molar-refractivity contribution in [2.75, 3.05) is 46.4 Å². The van der Waals surface area contributed by atoms with Crippen LogP contribution in [-0.4, -0.2) is 114 Å². The Morgan fingerprint density at radius 2 is 1.78 bits per heavy atom. The molecule has 1 aromatic rings. The van der Waals surface area contributed by atoms with Crippen molar-refractivity contribution in [2.24, 2.45) is 4.99 Å². The smallest absolute Gasteiger partial charge is 0.270 e. The van der Waals surface area contributed by atoms with Crippen LogP contribution in [0.4, 0.5) is 0 Å². The number of nitrogens with zero attached hydrogens (tertiary/aromatic N) is 4. The Balaban J connectivity index is 1.69. The number of fused-ring (bicyclic) bond motifs is 1. The standard InChI is InChI=1S/C39H68N6O4Si2/c1-15-16-17-18-32(29(3)41-35(36(40)47-10)27-45-24-30(25-45)49-51(13,14)39(7,8)9)43-37(46)34-23-28(2)31-26-44(20-19-33(31)42-34)21-22-48-50(11,12)38(4,5)6/h15-17,23,29-30,32,40H,1,18-22,24-27H2,2-14H3,(H,43,46)/b17-16-,40-36?,41-35?/t29?,32-/m0/s1. The number of ether oxygens (including phenoxy) is 1.